The second-order valence-electron chi connectivity index (χ2n) is 2.89. The molecule has 15 heavy (non-hydrogen) atoms. The summed E-state index contributed by atoms with van der Waals surface area (Å²) in [7, 11) is -2.92. The van der Waals surface area contributed by atoms with Gasteiger partial charge >= 0.3 is 15.0 Å². The van der Waals surface area contributed by atoms with Crippen molar-refractivity contribution in [2.24, 2.45) is 0 Å². The predicted octanol–water partition coefficient (Wildman–Crippen LogP) is 0.482. The zero-order chi connectivity index (χ0) is 11.7. The van der Waals surface area contributed by atoms with Crippen molar-refractivity contribution in [2.75, 3.05) is 7.11 Å². The van der Waals surface area contributed by atoms with Crippen LogP contribution < -0.4 is 5.19 Å². The zero-order valence-electron chi connectivity index (χ0n) is 7.75. The molecule has 0 amide bonds. The quantitative estimate of drug-likeness (QED) is 0.737. The molecule has 7 heteroatoms. The molecular weight excluding hydrogens is 229 g/mol. The molecule has 0 radical (unpaired) electrons. The maximum absolute atomic E-state index is 12.2. The number of hydrogen-bond acceptors (Lipinski definition) is 3. The van der Waals surface area contributed by atoms with Crippen LogP contribution in [0.15, 0.2) is 24.3 Å². The predicted molar refractivity (Wildman–Crippen MR) is 48.3 cm³/mol. The molecule has 0 saturated carbocycles. The van der Waals surface area contributed by atoms with E-state index in [9.17, 15) is 22.8 Å². The Morgan fingerprint density at radius 1 is 1.13 bits per heavy atom. The van der Waals surface area contributed by atoms with E-state index in [0.29, 0.717) is 0 Å². The van der Waals surface area contributed by atoms with Gasteiger partial charge in [0.25, 0.3) is 0 Å². The van der Waals surface area contributed by atoms with Gasteiger partial charge in [-0.3, -0.25) is 0 Å². The summed E-state index contributed by atoms with van der Waals surface area (Å²) in [6.07, 6.45) is -4.43. The maximum Gasteiger partial charge on any atom is 0.531 e. The number of halogens is 3. The lowest BCUT2D eigenvalue weighted by Crippen LogP contribution is -2.50. The summed E-state index contributed by atoms with van der Waals surface area (Å²) in [5, 5.41) is -0.0296. The van der Waals surface area contributed by atoms with E-state index >= 15 is 0 Å². The molecule has 0 aliphatic rings. The molecule has 84 valence electrons. The van der Waals surface area contributed by atoms with Crippen LogP contribution in [-0.4, -0.2) is 25.5 Å². The van der Waals surface area contributed by atoms with Gasteiger partial charge in [0.05, 0.1) is 5.56 Å². The summed E-state index contributed by atoms with van der Waals surface area (Å²) in [4.78, 5) is 18.6. The minimum absolute atomic E-state index is 0.0296. The van der Waals surface area contributed by atoms with Gasteiger partial charge in [0, 0.05) is 12.3 Å². The first kappa shape index (κ1) is 12.2. The Morgan fingerprint density at radius 2 is 1.60 bits per heavy atom. The molecule has 0 bridgehead atoms. The summed E-state index contributed by atoms with van der Waals surface area (Å²) in [6.45, 7) is 0. The summed E-state index contributed by atoms with van der Waals surface area (Å²) in [5.41, 5.74) is -0.841. The van der Waals surface area contributed by atoms with E-state index in [2.05, 4.69) is 4.43 Å². The van der Waals surface area contributed by atoms with Gasteiger partial charge in [-0.2, -0.15) is 13.2 Å². The van der Waals surface area contributed by atoms with Gasteiger partial charge in [-0.15, -0.1) is 0 Å². The highest BCUT2D eigenvalue weighted by Gasteiger charge is 2.36. The molecule has 1 aromatic carbocycles. The van der Waals surface area contributed by atoms with Gasteiger partial charge in [-0.05, 0) is 12.1 Å². The van der Waals surface area contributed by atoms with Crippen molar-refractivity contribution in [3.8, 4) is 0 Å². The van der Waals surface area contributed by atoms with Crippen molar-refractivity contribution in [2.45, 2.75) is 6.18 Å². The fraction of sp³-hybridized carbons (Fsp3) is 0.250. The van der Waals surface area contributed by atoms with E-state index in [1.54, 1.807) is 0 Å². The maximum atomic E-state index is 12.2. The summed E-state index contributed by atoms with van der Waals surface area (Å²) in [5.74, 6) is 0. The van der Waals surface area contributed by atoms with E-state index in [0.717, 1.165) is 31.4 Å². The van der Waals surface area contributed by atoms with Gasteiger partial charge in [0.1, 0.15) is 0 Å². The molecular formula is C8H9F3O3Si. The van der Waals surface area contributed by atoms with E-state index in [1.165, 1.54) is 0 Å². The van der Waals surface area contributed by atoms with Gasteiger partial charge in [0.15, 0.2) is 0 Å². The van der Waals surface area contributed by atoms with E-state index < -0.39 is 20.5 Å². The van der Waals surface area contributed by atoms with Crippen molar-refractivity contribution in [1.82, 2.24) is 0 Å². The first-order valence-electron chi connectivity index (χ1n) is 3.95. The highest BCUT2D eigenvalue weighted by Crippen LogP contribution is 2.28. The second-order valence-corrected chi connectivity index (χ2v) is 5.09. The molecule has 0 saturated heterocycles. The van der Waals surface area contributed by atoms with Gasteiger partial charge < -0.3 is 14.0 Å². The van der Waals surface area contributed by atoms with Crippen LogP contribution in [-0.2, 0) is 10.6 Å². The molecule has 3 nitrogen and oxygen atoms in total. The average molecular weight is 238 g/mol. The largest absolute Gasteiger partial charge is 0.531 e. The highest BCUT2D eigenvalue weighted by atomic mass is 28.4. The molecule has 0 aromatic heterocycles. The first-order valence-corrected chi connectivity index (χ1v) is 5.75. The van der Waals surface area contributed by atoms with Crippen LogP contribution in [0, 0.1) is 0 Å². The lowest BCUT2D eigenvalue weighted by molar-refractivity contribution is -0.137. The van der Waals surface area contributed by atoms with Crippen molar-refractivity contribution in [3.63, 3.8) is 0 Å². The standard InChI is InChI=1S/C8H9F3O3Si/c1-14-15(12,13)7-4-2-6(3-5-7)8(9,10)11/h2-5,12-13H,1H3. The number of benzene rings is 1. The van der Waals surface area contributed by atoms with E-state index in [-0.39, 0.29) is 5.19 Å². The summed E-state index contributed by atoms with van der Waals surface area (Å²) < 4.78 is 40.9. The molecule has 0 unspecified atom stereocenters. The Kier molecular flexibility index (Phi) is 3.19. The van der Waals surface area contributed by atoms with Crippen LogP contribution in [0.3, 0.4) is 0 Å². The lowest BCUT2D eigenvalue weighted by Gasteiger charge is -2.15. The average Bonchev–Trinajstić information content (AvgIpc) is 2.17. The third-order valence-corrected chi connectivity index (χ3v) is 3.53. The van der Waals surface area contributed by atoms with Crippen LogP contribution in [0.1, 0.15) is 5.56 Å². The summed E-state index contributed by atoms with van der Waals surface area (Å²) in [6, 6.07) is 3.56. The Bertz CT molecular complexity index is 334. The van der Waals surface area contributed by atoms with Crippen LogP contribution >= 0.6 is 0 Å². The van der Waals surface area contributed by atoms with Gasteiger partial charge in [-0.1, -0.05) is 12.1 Å². The molecule has 2 N–H and O–H groups in total. The Labute approximate surface area is 85.1 Å². The minimum atomic E-state index is -4.43. The van der Waals surface area contributed by atoms with Crippen molar-refractivity contribution in [3.05, 3.63) is 29.8 Å². The molecule has 0 fully saturated rings. The van der Waals surface area contributed by atoms with Crippen molar-refractivity contribution >= 4 is 14.0 Å². The smallest absolute Gasteiger partial charge is 0.386 e. The molecule has 1 rings (SSSR count). The molecule has 0 atom stereocenters. The number of alkyl halides is 3. The van der Waals surface area contributed by atoms with Crippen molar-refractivity contribution in [1.29, 1.82) is 0 Å². The molecule has 1 aromatic rings. The monoisotopic (exact) mass is 238 g/mol. The normalized spacial score (nSPS) is 12.9. The Morgan fingerprint density at radius 3 is 1.93 bits per heavy atom. The number of rotatable bonds is 2. The first-order chi connectivity index (χ1) is 6.77. The van der Waals surface area contributed by atoms with Crippen LogP contribution in [0.2, 0.25) is 0 Å². The third kappa shape index (κ3) is 2.78. The van der Waals surface area contributed by atoms with Crippen molar-refractivity contribution < 1.29 is 27.2 Å². The van der Waals surface area contributed by atoms with Crippen LogP contribution in [0.25, 0.3) is 0 Å². The lowest BCUT2D eigenvalue weighted by atomic mass is 10.2. The molecule has 0 aliphatic carbocycles. The van der Waals surface area contributed by atoms with E-state index in [4.69, 9.17) is 0 Å². The van der Waals surface area contributed by atoms with Crippen LogP contribution in [0.4, 0.5) is 13.2 Å². The Hall–Kier alpha value is -0.893. The zero-order valence-corrected chi connectivity index (χ0v) is 8.75. The fourth-order valence-corrected chi connectivity index (χ4v) is 1.83. The molecule has 0 heterocycles. The minimum Gasteiger partial charge on any atom is -0.386 e. The SMILES string of the molecule is CO[Si](O)(O)c1ccc(C(F)(F)F)cc1. The van der Waals surface area contributed by atoms with Crippen LogP contribution in [0.5, 0.6) is 0 Å². The van der Waals surface area contributed by atoms with Gasteiger partial charge in [-0.25, -0.2) is 0 Å². The fourth-order valence-electron chi connectivity index (χ4n) is 0.994. The molecule has 0 spiro atoms. The number of hydrogen-bond donors (Lipinski definition) is 2. The van der Waals surface area contributed by atoms with Gasteiger partial charge in [0.2, 0.25) is 0 Å². The topological polar surface area (TPSA) is 49.7 Å². The highest BCUT2D eigenvalue weighted by molar-refractivity contribution is 6.72. The third-order valence-electron chi connectivity index (χ3n) is 1.87. The second kappa shape index (κ2) is 3.93. The van der Waals surface area contributed by atoms with E-state index in [1.807, 2.05) is 0 Å². The summed E-state index contributed by atoms with van der Waals surface area (Å²) >= 11 is 0. The molecule has 0 aliphatic heterocycles. The Balaban J connectivity index is 3.01.